The van der Waals surface area contributed by atoms with E-state index >= 15 is 0 Å². The maximum Gasteiger partial charge on any atom is 0.312 e. The standard InChI is InChI=1S/C20H26O4/c1-12-14(6-5-13-7-10-23-11-13)19(2)8-4-9-20(3)17(19)16(15(12)21)24-18(20)22/h7,10-11,15-17,21H,4-6,8-9H2,1-3H3/t15-,16+,17+,19+,20-/m0/s1. The van der Waals surface area contributed by atoms with Gasteiger partial charge in [-0.05, 0) is 62.1 Å². The Bertz CT molecular complexity index is 689. The zero-order valence-electron chi connectivity index (χ0n) is 14.7. The fourth-order valence-electron chi connectivity index (χ4n) is 5.76. The average molecular weight is 330 g/mol. The van der Waals surface area contributed by atoms with Crippen molar-refractivity contribution in [2.75, 3.05) is 0 Å². The third-order valence-corrected chi connectivity index (χ3v) is 6.97. The van der Waals surface area contributed by atoms with Gasteiger partial charge in [0.15, 0.2) is 0 Å². The van der Waals surface area contributed by atoms with E-state index in [0.717, 1.165) is 37.7 Å². The van der Waals surface area contributed by atoms with Crippen molar-refractivity contribution in [3.05, 3.63) is 35.3 Å². The Morgan fingerprint density at radius 1 is 1.25 bits per heavy atom. The number of aryl methyl sites for hydroxylation is 1. The summed E-state index contributed by atoms with van der Waals surface area (Å²) < 4.78 is 10.9. The molecule has 4 nitrogen and oxygen atoms in total. The molecule has 1 N–H and O–H groups in total. The van der Waals surface area contributed by atoms with Gasteiger partial charge in [-0.25, -0.2) is 0 Å². The fraction of sp³-hybridized carbons (Fsp3) is 0.650. The molecule has 0 aromatic carbocycles. The second-order valence-electron chi connectivity index (χ2n) is 8.27. The average Bonchev–Trinajstić information content (AvgIpc) is 3.13. The first kappa shape index (κ1) is 15.9. The molecule has 1 aliphatic heterocycles. The van der Waals surface area contributed by atoms with Crippen LogP contribution in [-0.4, -0.2) is 23.3 Å². The Labute approximate surface area is 142 Å². The molecule has 0 amide bonds. The molecule has 2 fully saturated rings. The minimum absolute atomic E-state index is 0.0725. The maximum atomic E-state index is 12.6. The van der Waals surface area contributed by atoms with Gasteiger partial charge in [0.05, 0.1) is 17.9 Å². The summed E-state index contributed by atoms with van der Waals surface area (Å²) in [5, 5.41) is 10.8. The highest BCUT2D eigenvalue weighted by Gasteiger charge is 2.66. The van der Waals surface area contributed by atoms with Crippen molar-refractivity contribution in [3.63, 3.8) is 0 Å². The van der Waals surface area contributed by atoms with Gasteiger partial charge in [0.1, 0.15) is 12.2 Å². The molecule has 3 aliphatic rings. The lowest BCUT2D eigenvalue weighted by Crippen LogP contribution is -2.54. The van der Waals surface area contributed by atoms with Crippen molar-refractivity contribution < 1.29 is 19.1 Å². The Hall–Kier alpha value is -1.55. The van der Waals surface area contributed by atoms with Crippen molar-refractivity contribution in [1.82, 2.24) is 0 Å². The van der Waals surface area contributed by atoms with E-state index < -0.39 is 11.5 Å². The fourth-order valence-corrected chi connectivity index (χ4v) is 5.76. The van der Waals surface area contributed by atoms with Crippen molar-refractivity contribution in [3.8, 4) is 0 Å². The van der Waals surface area contributed by atoms with Crippen LogP contribution in [0.4, 0.5) is 0 Å². The Kier molecular flexibility index (Phi) is 3.47. The molecule has 0 bridgehead atoms. The minimum atomic E-state index is -0.675. The number of carbonyl (C=O) groups excluding carboxylic acids is 1. The molecule has 4 heteroatoms. The van der Waals surface area contributed by atoms with E-state index in [1.54, 1.807) is 12.5 Å². The largest absolute Gasteiger partial charge is 0.472 e. The number of esters is 1. The predicted molar refractivity (Wildman–Crippen MR) is 89.2 cm³/mol. The normalized spacial score (nSPS) is 41.3. The number of carbonyl (C=O) groups is 1. The molecule has 1 aromatic heterocycles. The van der Waals surface area contributed by atoms with Gasteiger partial charge in [0.25, 0.3) is 0 Å². The SMILES string of the molecule is CC1=C(CCc2ccoc2)[C@@]2(C)CCC[C@]3(C)C(=O)O[C@@H]([C@@H]32)[C@H]1O. The van der Waals surface area contributed by atoms with Crippen LogP contribution in [0.25, 0.3) is 0 Å². The summed E-state index contributed by atoms with van der Waals surface area (Å²) >= 11 is 0. The summed E-state index contributed by atoms with van der Waals surface area (Å²) in [4.78, 5) is 12.6. The number of aliphatic hydroxyl groups excluding tert-OH is 1. The Morgan fingerprint density at radius 3 is 2.71 bits per heavy atom. The van der Waals surface area contributed by atoms with Crippen LogP contribution < -0.4 is 0 Å². The Balaban J connectivity index is 1.74. The summed E-state index contributed by atoms with van der Waals surface area (Å²) in [6.45, 7) is 6.33. The quantitative estimate of drug-likeness (QED) is 0.679. The zero-order chi connectivity index (χ0) is 17.1. The van der Waals surface area contributed by atoms with Gasteiger partial charge >= 0.3 is 5.97 Å². The number of aliphatic hydroxyl groups is 1. The summed E-state index contributed by atoms with van der Waals surface area (Å²) in [7, 11) is 0. The van der Waals surface area contributed by atoms with Crippen LogP contribution in [0.5, 0.6) is 0 Å². The third kappa shape index (κ3) is 1.98. The van der Waals surface area contributed by atoms with E-state index in [-0.39, 0.29) is 23.4 Å². The highest BCUT2D eigenvalue weighted by atomic mass is 16.6. The second kappa shape index (κ2) is 5.22. The van der Waals surface area contributed by atoms with Gasteiger partial charge in [-0.15, -0.1) is 0 Å². The monoisotopic (exact) mass is 330 g/mol. The van der Waals surface area contributed by atoms with E-state index in [1.807, 2.05) is 19.9 Å². The van der Waals surface area contributed by atoms with Crippen molar-refractivity contribution >= 4 is 5.97 Å². The lowest BCUT2D eigenvalue weighted by molar-refractivity contribution is -0.150. The molecule has 2 aliphatic carbocycles. The first-order chi connectivity index (χ1) is 11.4. The molecular formula is C20H26O4. The predicted octanol–water partition coefficient (Wildman–Crippen LogP) is 3.64. The molecule has 1 saturated carbocycles. The van der Waals surface area contributed by atoms with E-state index in [0.29, 0.717) is 0 Å². The van der Waals surface area contributed by atoms with Crippen molar-refractivity contribution in [2.45, 2.75) is 65.1 Å². The molecule has 24 heavy (non-hydrogen) atoms. The van der Waals surface area contributed by atoms with Crippen LogP contribution in [0.2, 0.25) is 0 Å². The van der Waals surface area contributed by atoms with Gasteiger partial charge in [-0.3, -0.25) is 4.79 Å². The molecule has 0 unspecified atom stereocenters. The van der Waals surface area contributed by atoms with E-state index in [2.05, 4.69) is 6.92 Å². The summed E-state index contributed by atoms with van der Waals surface area (Å²) in [6, 6.07) is 1.99. The van der Waals surface area contributed by atoms with Gasteiger partial charge in [-0.1, -0.05) is 18.9 Å². The van der Waals surface area contributed by atoms with Crippen LogP contribution in [0.1, 0.15) is 52.0 Å². The van der Waals surface area contributed by atoms with E-state index in [1.165, 1.54) is 11.1 Å². The number of ether oxygens (including phenoxy) is 1. The first-order valence-electron chi connectivity index (χ1n) is 8.98. The molecule has 5 atom stereocenters. The van der Waals surface area contributed by atoms with Crippen LogP contribution in [0.3, 0.4) is 0 Å². The lowest BCUT2D eigenvalue weighted by atomic mass is 9.49. The van der Waals surface area contributed by atoms with E-state index in [9.17, 15) is 9.90 Å². The number of hydrogen-bond acceptors (Lipinski definition) is 4. The molecule has 0 radical (unpaired) electrons. The molecule has 0 spiro atoms. The number of allylic oxidation sites excluding steroid dienone is 1. The van der Waals surface area contributed by atoms with Gasteiger partial charge < -0.3 is 14.3 Å². The van der Waals surface area contributed by atoms with Crippen LogP contribution in [0.15, 0.2) is 34.2 Å². The number of hydrogen-bond donors (Lipinski definition) is 1. The Morgan fingerprint density at radius 2 is 2.00 bits per heavy atom. The van der Waals surface area contributed by atoms with Crippen molar-refractivity contribution in [1.29, 1.82) is 0 Å². The summed E-state index contributed by atoms with van der Waals surface area (Å²) in [5.41, 5.74) is 2.97. The lowest BCUT2D eigenvalue weighted by Gasteiger charge is -2.53. The molecule has 1 saturated heterocycles. The molecule has 130 valence electrons. The summed E-state index contributed by atoms with van der Waals surface area (Å²) in [6.07, 6.45) is 7.18. The first-order valence-corrected chi connectivity index (χ1v) is 8.98. The molecule has 1 aromatic rings. The third-order valence-electron chi connectivity index (χ3n) is 6.97. The zero-order valence-corrected chi connectivity index (χ0v) is 14.7. The molecular weight excluding hydrogens is 304 g/mol. The maximum absolute atomic E-state index is 12.6. The van der Waals surface area contributed by atoms with Crippen LogP contribution >= 0.6 is 0 Å². The summed E-state index contributed by atoms with van der Waals surface area (Å²) in [5.74, 6) is -0.0457. The van der Waals surface area contributed by atoms with Crippen molar-refractivity contribution in [2.24, 2.45) is 16.7 Å². The minimum Gasteiger partial charge on any atom is -0.472 e. The van der Waals surface area contributed by atoms with Gasteiger partial charge in [0, 0.05) is 5.92 Å². The van der Waals surface area contributed by atoms with Gasteiger partial charge in [0.2, 0.25) is 0 Å². The smallest absolute Gasteiger partial charge is 0.312 e. The highest BCUT2D eigenvalue weighted by molar-refractivity contribution is 5.80. The molecule has 2 heterocycles. The van der Waals surface area contributed by atoms with Crippen LogP contribution in [0, 0.1) is 16.7 Å². The van der Waals surface area contributed by atoms with Crippen LogP contribution in [-0.2, 0) is 16.0 Å². The number of furan rings is 1. The molecule has 4 rings (SSSR count). The van der Waals surface area contributed by atoms with E-state index in [4.69, 9.17) is 9.15 Å². The topological polar surface area (TPSA) is 59.7 Å². The highest BCUT2D eigenvalue weighted by Crippen LogP contribution is 2.64. The second-order valence-corrected chi connectivity index (χ2v) is 8.27. The van der Waals surface area contributed by atoms with Gasteiger partial charge in [-0.2, -0.15) is 0 Å². The number of rotatable bonds is 3.